The molecule has 0 saturated carbocycles. The molecule has 0 unspecified atom stereocenters. The first-order valence-corrected chi connectivity index (χ1v) is 10.1. The van der Waals surface area contributed by atoms with Gasteiger partial charge in [-0.1, -0.05) is 0 Å². The monoisotopic (exact) mass is 381 g/mol. The van der Waals surface area contributed by atoms with Gasteiger partial charge in [-0.25, -0.2) is 17.7 Å². The highest BCUT2D eigenvalue weighted by Crippen LogP contribution is 2.22. The van der Waals surface area contributed by atoms with E-state index >= 15 is 0 Å². The third-order valence-electron chi connectivity index (χ3n) is 4.23. The zero-order chi connectivity index (χ0) is 19.5. The second kappa shape index (κ2) is 8.15. The summed E-state index contributed by atoms with van der Waals surface area (Å²) in [5, 5.41) is 2.83. The lowest BCUT2D eigenvalue weighted by molar-refractivity contribution is -0.121. The molecule has 8 nitrogen and oxygen atoms in total. The maximum atomic E-state index is 12.3. The van der Waals surface area contributed by atoms with Crippen LogP contribution in [0.1, 0.15) is 26.1 Å². The summed E-state index contributed by atoms with van der Waals surface area (Å²) < 4.78 is 27.8. The van der Waals surface area contributed by atoms with E-state index in [1.165, 1.54) is 18.4 Å². The van der Waals surface area contributed by atoms with Crippen molar-refractivity contribution in [3.05, 3.63) is 24.0 Å². The molecule has 2 rings (SSSR count). The summed E-state index contributed by atoms with van der Waals surface area (Å²) in [6.07, 6.45) is 0.776. The number of nitrogens with one attached hydrogen (secondary N) is 1. The van der Waals surface area contributed by atoms with E-state index in [4.69, 9.17) is 5.73 Å². The number of carbonyl (C=O) groups excluding carboxylic acids is 1. The minimum absolute atomic E-state index is 0.0636. The van der Waals surface area contributed by atoms with Gasteiger partial charge in [-0.3, -0.25) is 4.79 Å². The van der Waals surface area contributed by atoms with Gasteiger partial charge in [0.05, 0.1) is 15.9 Å². The summed E-state index contributed by atoms with van der Waals surface area (Å²) >= 11 is 0. The first kappa shape index (κ1) is 20.3. The van der Waals surface area contributed by atoms with Crippen LogP contribution < -0.4 is 11.1 Å². The van der Waals surface area contributed by atoms with Gasteiger partial charge in [0.2, 0.25) is 15.9 Å². The Balaban J connectivity index is 2.29. The lowest BCUT2D eigenvalue weighted by Gasteiger charge is -2.11. The number of fused-ring (bicyclic) bond motifs is 1. The van der Waals surface area contributed by atoms with Crippen LogP contribution in [-0.4, -0.2) is 54.9 Å². The highest BCUT2D eigenvalue weighted by atomic mass is 32.2. The maximum absolute atomic E-state index is 12.3. The number of rotatable bonds is 8. The third kappa shape index (κ3) is 4.22. The largest absolute Gasteiger partial charge is 0.352 e. The highest BCUT2D eigenvalue weighted by molar-refractivity contribution is 7.89. The van der Waals surface area contributed by atoms with Crippen molar-refractivity contribution < 1.29 is 13.2 Å². The van der Waals surface area contributed by atoms with E-state index in [9.17, 15) is 13.2 Å². The molecule has 0 bridgehead atoms. The van der Waals surface area contributed by atoms with Crippen molar-refractivity contribution in [2.75, 3.05) is 20.6 Å². The first-order valence-electron chi connectivity index (χ1n) is 8.61. The topological polar surface area (TPSA) is 110 Å². The fraction of sp³-hybridized carbons (Fsp3) is 0.529. The van der Waals surface area contributed by atoms with Crippen molar-refractivity contribution in [2.24, 2.45) is 5.73 Å². The molecular formula is C17H27N5O3S. The Labute approximate surface area is 154 Å². The number of nitrogens with zero attached hydrogens (tertiary/aromatic N) is 3. The van der Waals surface area contributed by atoms with Gasteiger partial charge in [0, 0.05) is 46.1 Å². The van der Waals surface area contributed by atoms with E-state index in [0.29, 0.717) is 31.4 Å². The van der Waals surface area contributed by atoms with Gasteiger partial charge in [0.15, 0.2) is 0 Å². The van der Waals surface area contributed by atoms with Gasteiger partial charge in [-0.2, -0.15) is 0 Å². The lowest BCUT2D eigenvalue weighted by Crippen LogP contribution is -2.37. The Bertz CT molecular complexity index is 889. The quantitative estimate of drug-likeness (QED) is 0.699. The number of benzene rings is 1. The van der Waals surface area contributed by atoms with Crippen LogP contribution in [0, 0.1) is 0 Å². The second-order valence-electron chi connectivity index (χ2n) is 6.41. The molecule has 0 radical (unpaired) electrons. The second-order valence-corrected chi connectivity index (χ2v) is 8.57. The van der Waals surface area contributed by atoms with Gasteiger partial charge < -0.3 is 15.6 Å². The third-order valence-corrected chi connectivity index (χ3v) is 6.04. The van der Waals surface area contributed by atoms with Crippen molar-refractivity contribution in [1.29, 1.82) is 0 Å². The zero-order valence-electron chi connectivity index (χ0n) is 15.7. The van der Waals surface area contributed by atoms with Gasteiger partial charge in [0.25, 0.3) is 0 Å². The van der Waals surface area contributed by atoms with Crippen LogP contribution in [0.3, 0.4) is 0 Å². The van der Waals surface area contributed by atoms with Crippen LogP contribution in [0.15, 0.2) is 23.1 Å². The normalized spacial score (nSPS) is 13.3. The lowest BCUT2D eigenvalue weighted by atomic mass is 10.2. The van der Waals surface area contributed by atoms with Crippen molar-refractivity contribution in [3.63, 3.8) is 0 Å². The minimum Gasteiger partial charge on any atom is -0.352 e. The van der Waals surface area contributed by atoms with Crippen molar-refractivity contribution >= 4 is 27.0 Å². The molecule has 1 aromatic heterocycles. The Hall–Kier alpha value is -1.97. The van der Waals surface area contributed by atoms with E-state index in [2.05, 4.69) is 10.3 Å². The van der Waals surface area contributed by atoms with Crippen LogP contribution >= 0.6 is 0 Å². The van der Waals surface area contributed by atoms with E-state index < -0.39 is 10.0 Å². The van der Waals surface area contributed by atoms with Crippen LogP contribution in [0.2, 0.25) is 0 Å². The van der Waals surface area contributed by atoms with Crippen LogP contribution in [0.25, 0.3) is 11.0 Å². The number of aromatic nitrogens is 2. The molecule has 1 amide bonds. The van der Waals surface area contributed by atoms with Gasteiger partial charge in [-0.05, 0) is 32.0 Å². The molecule has 0 spiro atoms. The van der Waals surface area contributed by atoms with E-state index in [0.717, 1.165) is 11.3 Å². The summed E-state index contributed by atoms with van der Waals surface area (Å²) in [6.45, 7) is 4.92. The molecule has 3 N–H and O–H groups in total. The standard InChI is InChI=1S/C17H27N5O3S/c1-5-22-15-7-6-13(26(24,25)21(3)4)10-14(15)20-16(22)8-9-17(23)19-12(2)11-18/h6-7,10,12H,5,8-9,11,18H2,1-4H3,(H,19,23)/t12-/m0/s1. The fourth-order valence-corrected chi connectivity index (χ4v) is 3.63. The molecule has 0 aliphatic heterocycles. The number of aryl methyl sites for hydroxylation is 2. The molecule has 144 valence electrons. The van der Waals surface area contributed by atoms with E-state index in [-0.39, 0.29) is 16.8 Å². The maximum Gasteiger partial charge on any atom is 0.242 e. The molecular weight excluding hydrogens is 354 g/mol. The number of amides is 1. The smallest absolute Gasteiger partial charge is 0.242 e. The van der Waals surface area contributed by atoms with Crippen molar-refractivity contribution in [2.45, 2.75) is 44.2 Å². The SMILES string of the molecule is CCn1c(CCC(=O)N[C@@H](C)CN)nc2cc(S(=O)(=O)N(C)C)ccc21. The molecule has 0 aliphatic rings. The molecule has 0 saturated heterocycles. The number of carbonyl (C=O) groups is 1. The minimum atomic E-state index is -3.51. The van der Waals surface area contributed by atoms with Crippen LogP contribution in [0.5, 0.6) is 0 Å². The molecule has 1 aromatic carbocycles. The molecule has 1 atom stereocenters. The zero-order valence-corrected chi connectivity index (χ0v) is 16.5. The predicted octanol–water partition coefficient (Wildman–Crippen LogP) is 0.703. The first-order chi connectivity index (χ1) is 12.2. The van der Waals surface area contributed by atoms with E-state index in [1.807, 2.05) is 18.4 Å². The van der Waals surface area contributed by atoms with Gasteiger partial charge in [0.1, 0.15) is 5.82 Å². The Morgan fingerprint density at radius 1 is 1.38 bits per heavy atom. The number of sulfonamides is 1. The van der Waals surface area contributed by atoms with E-state index in [1.54, 1.807) is 18.2 Å². The van der Waals surface area contributed by atoms with Crippen LogP contribution in [0.4, 0.5) is 0 Å². The molecule has 2 aromatic rings. The number of imidazole rings is 1. The number of hydrogen-bond donors (Lipinski definition) is 2. The van der Waals surface area contributed by atoms with Crippen LogP contribution in [-0.2, 0) is 27.8 Å². The summed E-state index contributed by atoms with van der Waals surface area (Å²) in [4.78, 5) is 16.7. The van der Waals surface area contributed by atoms with Gasteiger partial charge >= 0.3 is 0 Å². The Morgan fingerprint density at radius 2 is 2.08 bits per heavy atom. The molecule has 0 aliphatic carbocycles. The number of nitrogens with two attached hydrogens (primary N) is 1. The molecule has 0 fully saturated rings. The average Bonchev–Trinajstić information content (AvgIpc) is 2.96. The number of hydrogen-bond acceptors (Lipinski definition) is 5. The average molecular weight is 382 g/mol. The molecule has 1 heterocycles. The molecule has 26 heavy (non-hydrogen) atoms. The van der Waals surface area contributed by atoms with Crippen molar-refractivity contribution in [1.82, 2.24) is 19.2 Å². The predicted molar refractivity (Wildman–Crippen MR) is 101 cm³/mol. The van der Waals surface area contributed by atoms with Crippen molar-refractivity contribution in [3.8, 4) is 0 Å². The Morgan fingerprint density at radius 3 is 2.65 bits per heavy atom. The van der Waals surface area contributed by atoms with Gasteiger partial charge in [-0.15, -0.1) is 0 Å². The Kier molecular flexibility index (Phi) is 6.38. The summed E-state index contributed by atoms with van der Waals surface area (Å²) in [7, 11) is -0.520. The molecule has 9 heteroatoms. The highest BCUT2D eigenvalue weighted by Gasteiger charge is 2.19. The summed E-state index contributed by atoms with van der Waals surface area (Å²) in [5.41, 5.74) is 6.98. The summed E-state index contributed by atoms with van der Waals surface area (Å²) in [5.74, 6) is 0.686. The fourth-order valence-electron chi connectivity index (χ4n) is 2.71. The summed E-state index contributed by atoms with van der Waals surface area (Å²) in [6, 6.07) is 4.87.